The minimum absolute atomic E-state index is 0.0671. The second-order valence-corrected chi connectivity index (χ2v) is 6.41. The van der Waals surface area contributed by atoms with Crippen LogP contribution in [-0.2, 0) is 16.3 Å². The summed E-state index contributed by atoms with van der Waals surface area (Å²) in [6, 6.07) is 7.96. The van der Waals surface area contributed by atoms with Crippen LogP contribution in [0, 0.1) is 0 Å². The van der Waals surface area contributed by atoms with Gasteiger partial charge in [0.05, 0.1) is 5.75 Å². The first kappa shape index (κ1) is 11.6. The van der Waals surface area contributed by atoms with Gasteiger partial charge in [0.15, 0.2) is 9.84 Å². The minimum Gasteiger partial charge on any atom is -0.314 e. The number of benzene rings is 1. The van der Waals surface area contributed by atoms with E-state index < -0.39 is 9.84 Å². The third-order valence-electron chi connectivity index (χ3n) is 3.25. The molecule has 0 amide bonds. The van der Waals surface area contributed by atoms with Gasteiger partial charge in [0.25, 0.3) is 0 Å². The third kappa shape index (κ3) is 1.87. The molecule has 1 aromatic rings. The Kier molecular flexibility index (Phi) is 3.04. The van der Waals surface area contributed by atoms with Crippen LogP contribution in [-0.4, -0.2) is 27.3 Å². The summed E-state index contributed by atoms with van der Waals surface area (Å²) in [6.07, 6.45) is 0.979. The fraction of sp³-hybridized carbons (Fsp3) is 0.500. The lowest BCUT2D eigenvalue weighted by molar-refractivity contribution is 0.482. The lowest BCUT2D eigenvalue weighted by Crippen LogP contribution is -2.52. The molecule has 0 aliphatic carbocycles. The van der Waals surface area contributed by atoms with E-state index in [1.807, 2.05) is 31.3 Å². The van der Waals surface area contributed by atoms with E-state index in [9.17, 15) is 8.42 Å². The second kappa shape index (κ2) is 4.18. The summed E-state index contributed by atoms with van der Waals surface area (Å²) in [6.45, 7) is 2.09. The van der Waals surface area contributed by atoms with E-state index in [0.717, 1.165) is 12.0 Å². The van der Waals surface area contributed by atoms with E-state index in [4.69, 9.17) is 0 Å². The summed E-state index contributed by atoms with van der Waals surface area (Å²) >= 11 is 0. The number of nitrogens with one attached hydrogen (secondary N) is 1. The summed E-state index contributed by atoms with van der Waals surface area (Å²) < 4.78 is 23.4. The zero-order chi connectivity index (χ0) is 11.8. The standard InChI is InChI=1S/C12H17NO2S/c1-3-9-4-6-10(7-5-9)12-11(13-2)8-16(12,14)15/h4-7,11-13H,3,8H2,1-2H3. The molecule has 0 bridgehead atoms. The lowest BCUT2D eigenvalue weighted by atomic mass is 10.0. The van der Waals surface area contributed by atoms with Gasteiger partial charge in [0.1, 0.15) is 5.25 Å². The van der Waals surface area contributed by atoms with Crippen molar-refractivity contribution < 1.29 is 8.42 Å². The molecule has 3 nitrogen and oxygen atoms in total. The fourth-order valence-corrected chi connectivity index (χ4v) is 4.20. The molecule has 88 valence electrons. The summed E-state index contributed by atoms with van der Waals surface area (Å²) in [5.41, 5.74) is 2.14. The largest absolute Gasteiger partial charge is 0.314 e. The van der Waals surface area contributed by atoms with Crippen LogP contribution in [0.15, 0.2) is 24.3 Å². The first-order valence-electron chi connectivity index (χ1n) is 5.56. The average molecular weight is 239 g/mol. The SMILES string of the molecule is CCc1ccc(C2C(NC)CS2(=O)=O)cc1. The Balaban J connectivity index is 2.28. The fourth-order valence-electron chi connectivity index (χ4n) is 2.19. The summed E-state index contributed by atoms with van der Waals surface area (Å²) in [5.74, 6) is 0.254. The Morgan fingerprint density at radius 2 is 1.94 bits per heavy atom. The molecule has 1 N–H and O–H groups in total. The zero-order valence-electron chi connectivity index (χ0n) is 9.60. The van der Waals surface area contributed by atoms with Crippen molar-refractivity contribution in [3.05, 3.63) is 35.4 Å². The van der Waals surface area contributed by atoms with Crippen LogP contribution < -0.4 is 5.32 Å². The first-order chi connectivity index (χ1) is 7.58. The van der Waals surface area contributed by atoms with Crippen molar-refractivity contribution in [2.45, 2.75) is 24.6 Å². The van der Waals surface area contributed by atoms with Crippen LogP contribution in [0.4, 0.5) is 0 Å². The van der Waals surface area contributed by atoms with Crippen LogP contribution >= 0.6 is 0 Å². The van der Waals surface area contributed by atoms with Crippen LogP contribution in [0.1, 0.15) is 23.3 Å². The highest BCUT2D eigenvalue weighted by atomic mass is 32.2. The number of likely N-dealkylation sites (N-methyl/N-ethyl adjacent to an activating group) is 1. The third-order valence-corrected chi connectivity index (χ3v) is 5.45. The molecular weight excluding hydrogens is 222 g/mol. The quantitative estimate of drug-likeness (QED) is 0.865. The predicted molar refractivity (Wildman–Crippen MR) is 65.2 cm³/mol. The first-order valence-corrected chi connectivity index (χ1v) is 7.27. The zero-order valence-corrected chi connectivity index (χ0v) is 10.4. The van der Waals surface area contributed by atoms with E-state index in [1.165, 1.54) is 5.56 Å². The number of hydrogen-bond donors (Lipinski definition) is 1. The maximum atomic E-state index is 11.7. The van der Waals surface area contributed by atoms with Gasteiger partial charge < -0.3 is 5.32 Å². The maximum absolute atomic E-state index is 11.7. The van der Waals surface area contributed by atoms with E-state index >= 15 is 0 Å². The van der Waals surface area contributed by atoms with E-state index in [2.05, 4.69) is 12.2 Å². The molecule has 2 rings (SSSR count). The normalized spacial score (nSPS) is 27.4. The molecular formula is C12H17NO2S. The molecule has 2 atom stereocenters. The Morgan fingerprint density at radius 3 is 2.38 bits per heavy atom. The van der Waals surface area contributed by atoms with Gasteiger partial charge in [-0.05, 0) is 24.6 Å². The van der Waals surface area contributed by atoms with Crippen molar-refractivity contribution >= 4 is 9.84 Å². The molecule has 1 aromatic carbocycles. The Labute approximate surface area is 96.8 Å². The molecule has 1 aliphatic heterocycles. The molecule has 1 heterocycles. The van der Waals surface area contributed by atoms with Gasteiger partial charge in [-0.2, -0.15) is 0 Å². The molecule has 1 fully saturated rings. The second-order valence-electron chi connectivity index (χ2n) is 4.24. The number of aryl methyl sites for hydroxylation is 1. The van der Waals surface area contributed by atoms with Crippen LogP contribution in [0.25, 0.3) is 0 Å². The van der Waals surface area contributed by atoms with Crippen molar-refractivity contribution in [3.63, 3.8) is 0 Å². The monoisotopic (exact) mass is 239 g/mol. The van der Waals surface area contributed by atoms with Gasteiger partial charge in [-0.1, -0.05) is 31.2 Å². The molecule has 1 saturated heterocycles. The summed E-state index contributed by atoms with van der Waals surface area (Å²) in [4.78, 5) is 0. The van der Waals surface area contributed by atoms with Gasteiger partial charge in [0, 0.05) is 6.04 Å². The topological polar surface area (TPSA) is 46.2 Å². The van der Waals surface area contributed by atoms with Gasteiger partial charge in [-0.25, -0.2) is 8.42 Å². The molecule has 1 aliphatic rings. The molecule has 16 heavy (non-hydrogen) atoms. The molecule has 0 radical (unpaired) electrons. The molecule has 2 unspecified atom stereocenters. The maximum Gasteiger partial charge on any atom is 0.160 e. The Morgan fingerprint density at radius 1 is 1.31 bits per heavy atom. The average Bonchev–Trinajstić information content (AvgIpc) is 2.27. The number of sulfone groups is 1. The predicted octanol–water partition coefficient (Wildman–Crippen LogP) is 1.31. The lowest BCUT2D eigenvalue weighted by Gasteiger charge is -2.36. The minimum atomic E-state index is -2.92. The highest BCUT2D eigenvalue weighted by Crippen LogP contribution is 2.36. The number of rotatable bonds is 3. The van der Waals surface area contributed by atoms with Gasteiger partial charge in [-0.3, -0.25) is 0 Å². The Hall–Kier alpha value is -0.870. The van der Waals surface area contributed by atoms with Crippen LogP contribution in [0.5, 0.6) is 0 Å². The molecule has 4 heteroatoms. The van der Waals surface area contributed by atoms with Gasteiger partial charge >= 0.3 is 0 Å². The molecule has 0 spiro atoms. The van der Waals surface area contributed by atoms with Crippen molar-refractivity contribution in [1.29, 1.82) is 0 Å². The smallest absolute Gasteiger partial charge is 0.160 e. The highest BCUT2D eigenvalue weighted by molar-refractivity contribution is 7.93. The highest BCUT2D eigenvalue weighted by Gasteiger charge is 2.45. The summed E-state index contributed by atoms with van der Waals surface area (Å²) in [5, 5.41) is 2.70. The molecule has 0 saturated carbocycles. The summed E-state index contributed by atoms with van der Waals surface area (Å²) in [7, 11) is -1.11. The van der Waals surface area contributed by atoms with Crippen molar-refractivity contribution in [3.8, 4) is 0 Å². The van der Waals surface area contributed by atoms with E-state index in [-0.39, 0.29) is 17.0 Å². The number of hydrogen-bond acceptors (Lipinski definition) is 3. The van der Waals surface area contributed by atoms with Crippen LogP contribution in [0.3, 0.4) is 0 Å². The van der Waals surface area contributed by atoms with Crippen molar-refractivity contribution in [1.82, 2.24) is 5.32 Å². The Bertz CT molecular complexity index is 464. The van der Waals surface area contributed by atoms with Crippen molar-refractivity contribution in [2.24, 2.45) is 0 Å². The molecule has 0 aromatic heterocycles. The van der Waals surface area contributed by atoms with Gasteiger partial charge in [0.2, 0.25) is 0 Å². The van der Waals surface area contributed by atoms with E-state index in [0.29, 0.717) is 0 Å². The van der Waals surface area contributed by atoms with Crippen molar-refractivity contribution in [2.75, 3.05) is 12.8 Å². The van der Waals surface area contributed by atoms with Crippen LogP contribution in [0.2, 0.25) is 0 Å². The van der Waals surface area contributed by atoms with E-state index in [1.54, 1.807) is 0 Å². The van der Waals surface area contributed by atoms with Gasteiger partial charge in [-0.15, -0.1) is 0 Å².